The molecule has 4 heterocycles. The number of piperidine rings is 1. The van der Waals surface area contributed by atoms with Crippen LogP contribution in [-0.2, 0) is 24.2 Å². The predicted molar refractivity (Wildman–Crippen MR) is 105 cm³/mol. The van der Waals surface area contributed by atoms with Crippen LogP contribution in [0.1, 0.15) is 48.0 Å². The normalized spacial score (nSPS) is 19.8. The lowest BCUT2D eigenvalue weighted by molar-refractivity contribution is -0.132. The molecule has 156 valence electrons. The molecule has 0 aromatic carbocycles. The molecule has 0 bridgehead atoms. The van der Waals surface area contributed by atoms with Crippen LogP contribution in [0.4, 0.5) is 0 Å². The van der Waals surface area contributed by atoms with E-state index in [-0.39, 0.29) is 17.4 Å². The van der Waals surface area contributed by atoms with Crippen LogP contribution in [0.2, 0.25) is 0 Å². The number of H-pyrrole nitrogens is 1. The Balaban J connectivity index is 1.41. The highest BCUT2D eigenvalue weighted by Gasteiger charge is 2.28. The number of likely N-dealkylation sites (tertiary alicyclic amines) is 1. The smallest absolute Gasteiger partial charge is 0.255 e. The number of ether oxygens (including phenoxy) is 1. The zero-order chi connectivity index (χ0) is 20.4. The van der Waals surface area contributed by atoms with Gasteiger partial charge in [0.1, 0.15) is 11.6 Å². The number of aromatic nitrogens is 3. The standard InChI is InChI=1S/C20H27N5O4/c1-24-9-7-16-15(12-24)20(27)22-19(21-16)13-4-3-8-25(11-13)18(26)6-5-14-10-17(28-2)23-29-14/h10,13H,3-9,11-12H2,1-2H3,(H,21,22,27)/t13-/m1/s1. The maximum atomic E-state index is 12.7. The number of fused-ring (bicyclic) bond motifs is 1. The van der Waals surface area contributed by atoms with E-state index in [1.165, 1.54) is 7.11 Å². The summed E-state index contributed by atoms with van der Waals surface area (Å²) < 4.78 is 10.2. The Bertz CT molecular complexity index is 937. The fourth-order valence-corrected chi connectivity index (χ4v) is 4.10. The van der Waals surface area contributed by atoms with E-state index < -0.39 is 0 Å². The first kappa shape index (κ1) is 19.6. The Hall–Kier alpha value is -2.68. The summed E-state index contributed by atoms with van der Waals surface area (Å²) in [6.07, 6.45) is 3.45. The summed E-state index contributed by atoms with van der Waals surface area (Å²) in [5.41, 5.74) is 1.64. The SMILES string of the molecule is COc1cc(CCC(=O)N2CCC[C@@H](c3nc4c(c(=O)[nH]3)CN(C)CC4)C2)on1. The third kappa shape index (κ3) is 4.34. The summed E-state index contributed by atoms with van der Waals surface area (Å²) in [6.45, 7) is 2.86. The van der Waals surface area contributed by atoms with Crippen molar-refractivity contribution in [1.29, 1.82) is 0 Å². The van der Waals surface area contributed by atoms with Crippen LogP contribution in [0.5, 0.6) is 5.88 Å². The molecular weight excluding hydrogens is 374 g/mol. The number of aryl methyl sites for hydroxylation is 1. The third-order valence-electron chi connectivity index (χ3n) is 5.77. The second-order valence-corrected chi connectivity index (χ2v) is 7.88. The molecule has 29 heavy (non-hydrogen) atoms. The summed E-state index contributed by atoms with van der Waals surface area (Å²) in [7, 11) is 3.54. The molecule has 2 aliphatic heterocycles. The zero-order valence-corrected chi connectivity index (χ0v) is 16.9. The number of likely N-dealkylation sites (N-methyl/N-ethyl adjacent to an activating group) is 1. The molecule has 0 aliphatic carbocycles. The maximum Gasteiger partial charge on any atom is 0.255 e. The molecule has 2 aromatic heterocycles. The quantitative estimate of drug-likeness (QED) is 0.800. The van der Waals surface area contributed by atoms with E-state index in [0.29, 0.717) is 37.6 Å². The molecule has 1 atom stereocenters. The van der Waals surface area contributed by atoms with Crippen molar-refractivity contribution in [3.05, 3.63) is 39.3 Å². The van der Waals surface area contributed by atoms with Crippen molar-refractivity contribution >= 4 is 5.91 Å². The molecule has 2 aliphatic rings. The molecule has 1 N–H and O–H groups in total. The number of carbonyl (C=O) groups excluding carboxylic acids is 1. The molecule has 0 spiro atoms. The lowest BCUT2D eigenvalue weighted by atomic mass is 9.96. The Labute approximate surface area is 169 Å². The van der Waals surface area contributed by atoms with Crippen LogP contribution in [-0.4, -0.2) is 64.6 Å². The first-order chi connectivity index (χ1) is 14.0. The van der Waals surface area contributed by atoms with Crippen LogP contribution in [0.15, 0.2) is 15.4 Å². The van der Waals surface area contributed by atoms with E-state index in [0.717, 1.165) is 49.4 Å². The summed E-state index contributed by atoms with van der Waals surface area (Å²) in [5, 5.41) is 3.76. The predicted octanol–water partition coefficient (Wildman–Crippen LogP) is 1.09. The summed E-state index contributed by atoms with van der Waals surface area (Å²) >= 11 is 0. The van der Waals surface area contributed by atoms with E-state index in [1.54, 1.807) is 6.07 Å². The second kappa shape index (κ2) is 8.36. The van der Waals surface area contributed by atoms with Crippen LogP contribution in [0.25, 0.3) is 0 Å². The largest absolute Gasteiger partial charge is 0.479 e. The minimum absolute atomic E-state index is 0.0423. The van der Waals surface area contributed by atoms with E-state index in [1.807, 2.05) is 11.9 Å². The van der Waals surface area contributed by atoms with Crippen LogP contribution in [0.3, 0.4) is 0 Å². The number of rotatable bonds is 5. The molecule has 9 nitrogen and oxygen atoms in total. The highest BCUT2D eigenvalue weighted by Crippen LogP contribution is 2.26. The number of aromatic amines is 1. The highest BCUT2D eigenvalue weighted by atomic mass is 16.5. The molecule has 1 fully saturated rings. The monoisotopic (exact) mass is 401 g/mol. The summed E-state index contributed by atoms with van der Waals surface area (Å²) in [6, 6.07) is 1.70. The van der Waals surface area contributed by atoms with Gasteiger partial charge >= 0.3 is 0 Å². The van der Waals surface area contributed by atoms with Gasteiger partial charge in [-0.1, -0.05) is 0 Å². The fourth-order valence-electron chi connectivity index (χ4n) is 4.10. The van der Waals surface area contributed by atoms with Gasteiger partial charge in [-0.05, 0) is 25.0 Å². The van der Waals surface area contributed by atoms with Gasteiger partial charge in [0.05, 0.1) is 18.4 Å². The highest BCUT2D eigenvalue weighted by molar-refractivity contribution is 5.76. The molecule has 1 amide bonds. The molecule has 0 unspecified atom stereocenters. The molecule has 0 radical (unpaired) electrons. The minimum atomic E-state index is -0.0423. The van der Waals surface area contributed by atoms with Crippen molar-refractivity contribution in [2.75, 3.05) is 33.8 Å². The maximum absolute atomic E-state index is 12.7. The number of carbonyl (C=O) groups is 1. The summed E-state index contributed by atoms with van der Waals surface area (Å²) in [5.74, 6) is 1.91. The van der Waals surface area contributed by atoms with E-state index in [9.17, 15) is 9.59 Å². The van der Waals surface area contributed by atoms with Gasteiger partial charge < -0.3 is 24.0 Å². The number of amides is 1. The van der Waals surface area contributed by atoms with Gasteiger partial charge in [-0.3, -0.25) is 9.59 Å². The lowest BCUT2D eigenvalue weighted by Gasteiger charge is -2.33. The third-order valence-corrected chi connectivity index (χ3v) is 5.77. The molecule has 9 heteroatoms. The number of hydrogen-bond acceptors (Lipinski definition) is 7. The van der Waals surface area contributed by atoms with Gasteiger partial charge in [0, 0.05) is 57.4 Å². The molecular formula is C20H27N5O4. The Kier molecular flexibility index (Phi) is 5.66. The van der Waals surface area contributed by atoms with Gasteiger partial charge in [0.15, 0.2) is 0 Å². The van der Waals surface area contributed by atoms with Crippen LogP contribution < -0.4 is 10.3 Å². The summed E-state index contributed by atoms with van der Waals surface area (Å²) in [4.78, 5) is 37.0. The number of hydrogen-bond donors (Lipinski definition) is 1. The molecule has 1 saturated heterocycles. The van der Waals surface area contributed by atoms with Crippen molar-refractivity contribution in [3.63, 3.8) is 0 Å². The van der Waals surface area contributed by atoms with Gasteiger partial charge in [-0.15, -0.1) is 0 Å². The average Bonchev–Trinajstić information content (AvgIpc) is 3.20. The van der Waals surface area contributed by atoms with Crippen LogP contribution in [0, 0.1) is 0 Å². The first-order valence-corrected chi connectivity index (χ1v) is 10.1. The second-order valence-electron chi connectivity index (χ2n) is 7.88. The lowest BCUT2D eigenvalue weighted by Crippen LogP contribution is -2.40. The average molecular weight is 401 g/mol. The number of nitrogens with one attached hydrogen (secondary N) is 1. The van der Waals surface area contributed by atoms with Crippen LogP contribution >= 0.6 is 0 Å². The van der Waals surface area contributed by atoms with Crippen molar-refractivity contribution < 1.29 is 14.1 Å². The molecule has 4 rings (SSSR count). The topological polar surface area (TPSA) is 105 Å². The number of methoxy groups -OCH3 is 1. The van der Waals surface area contributed by atoms with Gasteiger partial charge in [-0.2, -0.15) is 0 Å². The Morgan fingerprint density at radius 1 is 1.41 bits per heavy atom. The van der Waals surface area contributed by atoms with Gasteiger partial charge in [0.25, 0.3) is 11.4 Å². The van der Waals surface area contributed by atoms with Crippen molar-refractivity contribution in [2.45, 2.75) is 44.6 Å². The fraction of sp³-hybridized carbons (Fsp3) is 0.600. The van der Waals surface area contributed by atoms with Gasteiger partial charge in [-0.25, -0.2) is 4.98 Å². The zero-order valence-electron chi connectivity index (χ0n) is 16.9. The van der Waals surface area contributed by atoms with Crippen molar-refractivity contribution in [2.24, 2.45) is 0 Å². The molecule has 0 saturated carbocycles. The Morgan fingerprint density at radius 3 is 3.07 bits per heavy atom. The van der Waals surface area contributed by atoms with E-state index in [2.05, 4.69) is 15.0 Å². The molecule has 2 aromatic rings. The van der Waals surface area contributed by atoms with Gasteiger partial charge in [0.2, 0.25) is 5.91 Å². The first-order valence-electron chi connectivity index (χ1n) is 10.1. The van der Waals surface area contributed by atoms with E-state index in [4.69, 9.17) is 14.2 Å². The van der Waals surface area contributed by atoms with Crippen molar-refractivity contribution in [3.8, 4) is 5.88 Å². The van der Waals surface area contributed by atoms with E-state index >= 15 is 0 Å². The van der Waals surface area contributed by atoms with Crippen molar-refractivity contribution in [1.82, 2.24) is 24.9 Å². The Morgan fingerprint density at radius 2 is 2.28 bits per heavy atom. The number of nitrogens with zero attached hydrogens (tertiary/aromatic N) is 4. The minimum Gasteiger partial charge on any atom is -0.479 e.